The molecule has 0 N–H and O–H groups in total. The quantitative estimate of drug-likeness (QED) is 0.779. The van der Waals surface area contributed by atoms with Crippen molar-refractivity contribution in [2.45, 2.75) is 84.1 Å². The normalized spacial score (nSPS) is 22.5. The van der Waals surface area contributed by atoms with Gasteiger partial charge in [0.2, 0.25) is 11.8 Å². The molecule has 2 aliphatic rings. The molecule has 24 heavy (non-hydrogen) atoms. The largest absolute Gasteiger partial charge is 0.337 e. The van der Waals surface area contributed by atoms with E-state index in [2.05, 4.69) is 24.0 Å². The number of likely N-dealkylation sites (tertiary alicyclic amines) is 1. The summed E-state index contributed by atoms with van der Waals surface area (Å²) in [5, 5.41) is 4.11. The average Bonchev–Trinajstić information content (AvgIpc) is 3.24. The summed E-state index contributed by atoms with van der Waals surface area (Å²) in [5.41, 5.74) is 0. The number of carbonyl (C=O) groups excluding carboxylic acids is 1. The van der Waals surface area contributed by atoms with Crippen molar-refractivity contribution in [1.82, 2.24) is 15.0 Å². The molecule has 2 heterocycles. The monoisotopic (exact) mass is 333 g/mol. The summed E-state index contributed by atoms with van der Waals surface area (Å²) in [6.45, 7) is 5.13. The summed E-state index contributed by atoms with van der Waals surface area (Å²) in [6, 6.07) is -0.0109. The van der Waals surface area contributed by atoms with Crippen molar-refractivity contribution < 1.29 is 9.32 Å². The van der Waals surface area contributed by atoms with Gasteiger partial charge in [-0.1, -0.05) is 44.7 Å². The van der Waals surface area contributed by atoms with Crippen LogP contribution in [0.4, 0.5) is 0 Å². The van der Waals surface area contributed by atoms with Gasteiger partial charge in [-0.05, 0) is 37.5 Å². The first-order chi connectivity index (χ1) is 11.6. The Balaban J connectivity index is 1.61. The predicted octanol–water partition coefficient (Wildman–Crippen LogP) is 4.29. The average molecular weight is 333 g/mol. The van der Waals surface area contributed by atoms with Gasteiger partial charge >= 0.3 is 0 Å². The Morgan fingerprint density at radius 3 is 2.71 bits per heavy atom. The van der Waals surface area contributed by atoms with Gasteiger partial charge in [-0.3, -0.25) is 4.79 Å². The molecule has 1 aliphatic heterocycles. The van der Waals surface area contributed by atoms with E-state index in [0.29, 0.717) is 18.2 Å². The van der Waals surface area contributed by atoms with Crippen molar-refractivity contribution in [3.8, 4) is 0 Å². The van der Waals surface area contributed by atoms with Crippen molar-refractivity contribution >= 4 is 5.91 Å². The van der Waals surface area contributed by atoms with Gasteiger partial charge in [-0.2, -0.15) is 4.98 Å². The van der Waals surface area contributed by atoms with E-state index in [1.54, 1.807) is 0 Å². The molecule has 1 saturated carbocycles. The van der Waals surface area contributed by atoms with Gasteiger partial charge in [-0.25, -0.2) is 0 Å². The Bertz CT molecular complexity index is 534. The zero-order chi connectivity index (χ0) is 16.9. The molecular formula is C19H31N3O2. The number of piperidine rings is 1. The maximum Gasteiger partial charge on any atom is 0.249 e. The summed E-state index contributed by atoms with van der Waals surface area (Å²) >= 11 is 0. The van der Waals surface area contributed by atoms with E-state index in [1.165, 1.54) is 25.7 Å². The lowest BCUT2D eigenvalue weighted by atomic mass is 9.98. The number of nitrogens with zero attached hydrogens (tertiary/aromatic N) is 3. The van der Waals surface area contributed by atoms with Crippen LogP contribution >= 0.6 is 0 Å². The van der Waals surface area contributed by atoms with E-state index in [9.17, 15) is 4.79 Å². The van der Waals surface area contributed by atoms with Gasteiger partial charge in [0.25, 0.3) is 0 Å². The highest BCUT2D eigenvalue weighted by atomic mass is 16.5. The van der Waals surface area contributed by atoms with E-state index in [0.717, 1.165) is 50.4 Å². The summed E-state index contributed by atoms with van der Waals surface area (Å²) in [6.07, 6.45) is 11.0. The van der Waals surface area contributed by atoms with Crippen LogP contribution in [0.3, 0.4) is 0 Å². The molecule has 1 atom stereocenters. The van der Waals surface area contributed by atoms with Crippen LogP contribution in [-0.4, -0.2) is 27.5 Å². The topological polar surface area (TPSA) is 59.2 Å². The Labute approximate surface area is 145 Å². The maximum absolute atomic E-state index is 12.8. The van der Waals surface area contributed by atoms with E-state index in [-0.39, 0.29) is 11.9 Å². The highest BCUT2D eigenvalue weighted by molar-refractivity contribution is 5.76. The van der Waals surface area contributed by atoms with E-state index < -0.39 is 0 Å². The molecule has 0 radical (unpaired) electrons. The van der Waals surface area contributed by atoms with Gasteiger partial charge in [0.1, 0.15) is 6.04 Å². The maximum atomic E-state index is 12.8. The smallest absolute Gasteiger partial charge is 0.249 e. The second-order valence-electron chi connectivity index (χ2n) is 7.93. The Morgan fingerprint density at radius 1 is 1.21 bits per heavy atom. The van der Waals surface area contributed by atoms with E-state index in [4.69, 9.17) is 4.52 Å². The third kappa shape index (κ3) is 4.37. The molecule has 2 fully saturated rings. The van der Waals surface area contributed by atoms with Crippen molar-refractivity contribution in [3.63, 3.8) is 0 Å². The van der Waals surface area contributed by atoms with Crippen LogP contribution in [0.25, 0.3) is 0 Å². The molecule has 5 heteroatoms. The fourth-order valence-corrected chi connectivity index (χ4v) is 4.11. The summed E-state index contributed by atoms with van der Waals surface area (Å²) < 4.78 is 5.51. The zero-order valence-corrected chi connectivity index (χ0v) is 15.2. The number of amides is 1. The number of aromatic nitrogens is 2. The van der Waals surface area contributed by atoms with Crippen molar-refractivity contribution in [3.05, 3.63) is 11.7 Å². The molecule has 1 aromatic rings. The molecular weight excluding hydrogens is 302 g/mol. The van der Waals surface area contributed by atoms with Gasteiger partial charge < -0.3 is 9.42 Å². The first kappa shape index (κ1) is 17.4. The summed E-state index contributed by atoms with van der Waals surface area (Å²) in [7, 11) is 0. The predicted molar refractivity (Wildman–Crippen MR) is 92.3 cm³/mol. The van der Waals surface area contributed by atoms with Crippen LogP contribution in [0.2, 0.25) is 0 Å². The van der Waals surface area contributed by atoms with Gasteiger partial charge in [0, 0.05) is 19.4 Å². The molecule has 3 rings (SSSR count). The van der Waals surface area contributed by atoms with Crippen LogP contribution in [0.15, 0.2) is 4.52 Å². The lowest BCUT2D eigenvalue weighted by Crippen LogP contribution is -2.38. The van der Waals surface area contributed by atoms with Gasteiger partial charge in [0.05, 0.1) is 0 Å². The van der Waals surface area contributed by atoms with Crippen molar-refractivity contribution in [2.75, 3.05) is 6.54 Å². The minimum Gasteiger partial charge on any atom is -0.337 e. The molecule has 0 aromatic carbocycles. The lowest BCUT2D eigenvalue weighted by molar-refractivity contribution is -0.136. The molecule has 1 saturated heterocycles. The Morgan fingerprint density at radius 2 is 1.96 bits per heavy atom. The molecule has 0 spiro atoms. The number of carbonyl (C=O) groups is 1. The van der Waals surface area contributed by atoms with Crippen molar-refractivity contribution in [1.29, 1.82) is 0 Å². The molecule has 1 unspecified atom stereocenters. The lowest BCUT2D eigenvalue weighted by Gasteiger charge is -2.33. The zero-order valence-electron chi connectivity index (χ0n) is 15.2. The Kier molecular flexibility index (Phi) is 5.90. The first-order valence-electron chi connectivity index (χ1n) is 9.75. The van der Waals surface area contributed by atoms with Crippen LogP contribution in [0.1, 0.15) is 89.4 Å². The minimum atomic E-state index is -0.0109. The van der Waals surface area contributed by atoms with Crippen LogP contribution in [-0.2, 0) is 11.2 Å². The number of hydrogen-bond acceptors (Lipinski definition) is 4. The SMILES string of the molecule is CC(C)Cc1noc(C2CCCCN2C(=O)CCC2CCCC2)n1. The van der Waals surface area contributed by atoms with Gasteiger partial charge in [0.15, 0.2) is 5.82 Å². The highest BCUT2D eigenvalue weighted by Gasteiger charge is 2.32. The summed E-state index contributed by atoms with van der Waals surface area (Å²) in [4.78, 5) is 19.3. The van der Waals surface area contributed by atoms with Crippen LogP contribution in [0, 0.1) is 11.8 Å². The molecule has 5 nitrogen and oxygen atoms in total. The minimum absolute atomic E-state index is 0.0109. The molecule has 134 valence electrons. The molecule has 1 amide bonds. The van der Waals surface area contributed by atoms with Gasteiger partial charge in [-0.15, -0.1) is 0 Å². The van der Waals surface area contributed by atoms with E-state index >= 15 is 0 Å². The standard InChI is InChI=1S/C19H31N3O2/c1-14(2)13-17-20-19(24-21-17)16-9-5-6-12-22(16)18(23)11-10-15-7-3-4-8-15/h14-16H,3-13H2,1-2H3. The number of rotatable bonds is 6. The third-order valence-electron chi connectivity index (χ3n) is 5.42. The van der Waals surface area contributed by atoms with E-state index in [1.807, 2.05) is 4.90 Å². The second kappa shape index (κ2) is 8.13. The third-order valence-corrected chi connectivity index (χ3v) is 5.42. The Hall–Kier alpha value is -1.39. The molecule has 1 aliphatic carbocycles. The highest BCUT2D eigenvalue weighted by Crippen LogP contribution is 2.33. The second-order valence-corrected chi connectivity index (χ2v) is 7.93. The fraction of sp³-hybridized carbons (Fsp3) is 0.842. The number of hydrogen-bond donors (Lipinski definition) is 0. The molecule has 0 bridgehead atoms. The van der Waals surface area contributed by atoms with Crippen molar-refractivity contribution in [2.24, 2.45) is 11.8 Å². The first-order valence-corrected chi connectivity index (χ1v) is 9.75. The fourth-order valence-electron chi connectivity index (χ4n) is 4.11. The summed E-state index contributed by atoms with van der Waals surface area (Å²) in [5.74, 6) is 2.95. The van der Waals surface area contributed by atoms with Crippen LogP contribution in [0.5, 0.6) is 0 Å². The molecule has 1 aromatic heterocycles. The van der Waals surface area contributed by atoms with Crippen LogP contribution < -0.4 is 0 Å².